The highest BCUT2D eigenvalue weighted by atomic mass is 16.5. The number of benzene rings is 2. The normalized spacial score (nSPS) is 17.2. The Labute approximate surface area is 148 Å². The minimum atomic E-state index is -0.427. The number of aryl methyl sites for hydroxylation is 1. The van der Waals surface area contributed by atoms with Crippen molar-refractivity contribution in [3.05, 3.63) is 59.7 Å². The number of anilines is 1. The van der Waals surface area contributed by atoms with Crippen LogP contribution in [0.2, 0.25) is 0 Å². The molecule has 0 aromatic heterocycles. The summed E-state index contributed by atoms with van der Waals surface area (Å²) in [7, 11) is 0. The van der Waals surface area contributed by atoms with Gasteiger partial charge in [0, 0.05) is 24.8 Å². The summed E-state index contributed by atoms with van der Waals surface area (Å²) < 4.78 is 5.83. The molecule has 5 heteroatoms. The molecule has 2 N–H and O–H groups in total. The monoisotopic (exact) mass is 340 g/mol. The molecule has 1 unspecified atom stereocenters. The molecule has 3 rings (SSSR count). The van der Waals surface area contributed by atoms with E-state index in [0.717, 1.165) is 18.4 Å². The molecule has 0 spiro atoms. The lowest BCUT2D eigenvalue weighted by Crippen LogP contribution is -2.44. The number of ether oxygens (including phenoxy) is 1. The highest BCUT2D eigenvalue weighted by Crippen LogP contribution is 2.20. The molecule has 2 aromatic rings. The minimum absolute atomic E-state index is 0.186. The number of urea groups is 1. The van der Waals surface area contributed by atoms with Crippen molar-refractivity contribution in [2.75, 3.05) is 18.4 Å². The zero-order valence-corrected chi connectivity index (χ0v) is 14.4. The summed E-state index contributed by atoms with van der Waals surface area (Å²) in [4.78, 5) is 14.0. The highest BCUT2D eigenvalue weighted by Gasteiger charge is 2.22. The molecule has 132 valence electrons. The molecular formula is C20H24N2O3. The van der Waals surface area contributed by atoms with Gasteiger partial charge in [0.1, 0.15) is 12.4 Å². The third-order valence-corrected chi connectivity index (χ3v) is 4.26. The second kappa shape index (κ2) is 8.03. The Hall–Kier alpha value is -2.53. The van der Waals surface area contributed by atoms with Crippen LogP contribution in [0.25, 0.3) is 0 Å². The zero-order valence-electron chi connectivity index (χ0n) is 14.4. The SMILES string of the molecule is Cc1cccc(COc2cccc(NC(=O)N3CCCC(O)C3)c2)c1. The first-order valence-corrected chi connectivity index (χ1v) is 8.62. The lowest BCUT2D eigenvalue weighted by atomic mass is 10.1. The van der Waals surface area contributed by atoms with Gasteiger partial charge < -0.3 is 20.1 Å². The van der Waals surface area contributed by atoms with Crippen LogP contribution in [0, 0.1) is 6.92 Å². The molecule has 1 aliphatic heterocycles. The number of rotatable bonds is 4. The average Bonchev–Trinajstić information content (AvgIpc) is 2.60. The Morgan fingerprint density at radius 1 is 1.28 bits per heavy atom. The van der Waals surface area contributed by atoms with E-state index in [-0.39, 0.29) is 6.03 Å². The summed E-state index contributed by atoms with van der Waals surface area (Å²) in [5.41, 5.74) is 2.99. The van der Waals surface area contributed by atoms with Crippen molar-refractivity contribution in [1.29, 1.82) is 0 Å². The van der Waals surface area contributed by atoms with Gasteiger partial charge in [-0.3, -0.25) is 0 Å². The van der Waals surface area contributed by atoms with Gasteiger partial charge in [-0.1, -0.05) is 35.9 Å². The molecule has 0 aliphatic carbocycles. The van der Waals surface area contributed by atoms with E-state index in [1.54, 1.807) is 4.90 Å². The largest absolute Gasteiger partial charge is 0.489 e. The number of β-amino-alcohol motifs (C(OH)–C–C–N with tert-alkyl or cyclic N) is 1. The van der Waals surface area contributed by atoms with E-state index in [2.05, 4.69) is 24.4 Å². The third kappa shape index (κ3) is 4.97. The van der Waals surface area contributed by atoms with Crippen LogP contribution < -0.4 is 10.1 Å². The lowest BCUT2D eigenvalue weighted by molar-refractivity contribution is 0.0883. The minimum Gasteiger partial charge on any atom is -0.489 e. The first kappa shape index (κ1) is 17.3. The fourth-order valence-corrected chi connectivity index (χ4v) is 2.97. The van der Waals surface area contributed by atoms with Crippen molar-refractivity contribution in [1.82, 2.24) is 4.90 Å². The first-order valence-electron chi connectivity index (χ1n) is 8.62. The van der Waals surface area contributed by atoms with Crippen molar-refractivity contribution >= 4 is 11.7 Å². The molecule has 0 bridgehead atoms. The molecule has 5 nitrogen and oxygen atoms in total. The van der Waals surface area contributed by atoms with Crippen LogP contribution in [0.4, 0.5) is 10.5 Å². The van der Waals surface area contributed by atoms with Gasteiger partial charge in [0.05, 0.1) is 6.10 Å². The molecule has 2 amide bonds. The van der Waals surface area contributed by atoms with Crippen LogP contribution in [0.1, 0.15) is 24.0 Å². The van der Waals surface area contributed by atoms with Crippen molar-refractivity contribution in [3.8, 4) is 5.75 Å². The number of nitrogens with one attached hydrogen (secondary N) is 1. The number of carbonyl (C=O) groups excluding carboxylic acids is 1. The van der Waals surface area contributed by atoms with E-state index in [4.69, 9.17) is 4.74 Å². The number of likely N-dealkylation sites (tertiary alicyclic amines) is 1. The number of carbonyl (C=O) groups is 1. The number of hydrogen-bond donors (Lipinski definition) is 2. The van der Waals surface area contributed by atoms with Gasteiger partial charge in [-0.25, -0.2) is 4.79 Å². The van der Waals surface area contributed by atoms with Gasteiger partial charge in [-0.05, 0) is 37.5 Å². The summed E-state index contributed by atoms with van der Waals surface area (Å²) in [5.74, 6) is 0.706. The summed E-state index contributed by atoms with van der Waals surface area (Å²) in [5, 5.41) is 12.6. The predicted octanol–water partition coefficient (Wildman–Crippen LogP) is 3.56. The molecule has 1 atom stereocenters. The number of aliphatic hydroxyl groups is 1. The van der Waals surface area contributed by atoms with E-state index >= 15 is 0 Å². The Bertz CT molecular complexity index is 732. The van der Waals surface area contributed by atoms with E-state index in [1.807, 2.05) is 36.4 Å². The second-order valence-corrected chi connectivity index (χ2v) is 6.48. The molecule has 0 radical (unpaired) electrons. The van der Waals surface area contributed by atoms with Crippen molar-refractivity contribution in [2.24, 2.45) is 0 Å². The number of amides is 2. The lowest BCUT2D eigenvalue weighted by Gasteiger charge is -2.30. The number of piperidine rings is 1. The van der Waals surface area contributed by atoms with Crippen LogP contribution in [0.15, 0.2) is 48.5 Å². The Kier molecular flexibility index (Phi) is 5.56. The van der Waals surface area contributed by atoms with Crippen LogP contribution in [-0.4, -0.2) is 35.2 Å². The molecule has 1 fully saturated rings. The van der Waals surface area contributed by atoms with Crippen molar-refractivity contribution < 1.29 is 14.6 Å². The average molecular weight is 340 g/mol. The van der Waals surface area contributed by atoms with E-state index in [0.29, 0.717) is 31.1 Å². The maximum Gasteiger partial charge on any atom is 0.321 e. The van der Waals surface area contributed by atoms with Gasteiger partial charge in [0.2, 0.25) is 0 Å². The maximum atomic E-state index is 12.3. The Morgan fingerprint density at radius 3 is 2.92 bits per heavy atom. The van der Waals surface area contributed by atoms with Gasteiger partial charge in [0.25, 0.3) is 0 Å². The Balaban J connectivity index is 1.58. The molecular weight excluding hydrogens is 316 g/mol. The van der Waals surface area contributed by atoms with Crippen molar-refractivity contribution in [3.63, 3.8) is 0 Å². The summed E-state index contributed by atoms with van der Waals surface area (Å²) in [6.45, 7) is 3.59. The van der Waals surface area contributed by atoms with Gasteiger partial charge >= 0.3 is 6.03 Å². The fourth-order valence-electron chi connectivity index (χ4n) is 2.97. The summed E-state index contributed by atoms with van der Waals surface area (Å²) in [6.07, 6.45) is 1.16. The highest BCUT2D eigenvalue weighted by molar-refractivity contribution is 5.89. The van der Waals surface area contributed by atoms with Crippen LogP contribution >= 0.6 is 0 Å². The predicted molar refractivity (Wildman–Crippen MR) is 97.8 cm³/mol. The maximum absolute atomic E-state index is 12.3. The molecule has 2 aromatic carbocycles. The quantitative estimate of drug-likeness (QED) is 0.894. The number of hydrogen-bond acceptors (Lipinski definition) is 3. The van der Waals surface area contributed by atoms with Gasteiger partial charge in [-0.2, -0.15) is 0 Å². The molecule has 1 saturated heterocycles. The number of nitrogens with zero attached hydrogens (tertiary/aromatic N) is 1. The van der Waals surface area contributed by atoms with Gasteiger partial charge in [0.15, 0.2) is 0 Å². The summed E-state index contributed by atoms with van der Waals surface area (Å²) in [6, 6.07) is 15.4. The zero-order chi connectivity index (χ0) is 17.6. The molecule has 0 saturated carbocycles. The third-order valence-electron chi connectivity index (χ3n) is 4.26. The molecule has 1 aliphatic rings. The smallest absolute Gasteiger partial charge is 0.321 e. The van der Waals surface area contributed by atoms with E-state index < -0.39 is 6.10 Å². The molecule has 25 heavy (non-hydrogen) atoms. The summed E-state index contributed by atoms with van der Waals surface area (Å²) >= 11 is 0. The topological polar surface area (TPSA) is 61.8 Å². The van der Waals surface area contributed by atoms with Crippen molar-refractivity contribution in [2.45, 2.75) is 32.5 Å². The standard InChI is InChI=1S/C20H24N2O3/c1-15-5-2-6-16(11-15)14-25-19-9-3-7-17(12-19)21-20(24)22-10-4-8-18(23)13-22/h2-3,5-7,9,11-12,18,23H,4,8,10,13-14H2,1H3,(H,21,24). The van der Waals surface area contributed by atoms with Crippen LogP contribution in [0.5, 0.6) is 5.75 Å². The Morgan fingerprint density at radius 2 is 2.12 bits per heavy atom. The first-order chi connectivity index (χ1) is 12.1. The molecule has 1 heterocycles. The van der Waals surface area contributed by atoms with E-state index in [9.17, 15) is 9.90 Å². The van der Waals surface area contributed by atoms with Gasteiger partial charge in [-0.15, -0.1) is 0 Å². The van der Waals surface area contributed by atoms with Crippen LogP contribution in [-0.2, 0) is 6.61 Å². The second-order valence-electron chi connectivity index (χ2n) is 6.48. The fraction of sp³-hybridized carbons (Fsp3) is 0.350. The number of aliphatic hydroxyl groups excluding tert-OH is 1. The van der Waals surface area contributed by atoms with E-state index in [1.165, 1.54) is 5.56 Å². The van der Waals surface area contributed by atoms with Crippen LogP contribution in [0.3, 0.4) is 0 Å².